The first kappa shape index (κ1) is 12.9. The lowest BCUT2D eigenvalue weighted by atomic mass is 10.0. The maximum Gasteiger partial charge on any atom is 0.217 e. The maximum atomic E-state index is 6.05. The molecule has 1 N–H and O–H groups in total. The molecule has 1 aromatic rings. The fraction of sp³-hybridized carbons (Fsp3) is 0.733. The molecule has 0 aromatic carbocycles. The third-order valence-corrected chi connectivity index (χ3v) is 4.18. The molecule has 0 amide bonds. The number of nitrogens with zero attached hydrogens (tertiary/aromatic N) is 2. The van der Waals surface area contributed by atoms with Crippen molar-refractivity contribution in [3.8, 4) is 5.88 Å². The Labute approximate surface area is 115 Å². The van der Waals surface area contributed by atoms with Gasteiger partial charge in [-0.1, -0.05) is 12.8 Å². The standard InChI is InChI=1S/C15H23N3O/c1-11-17-14(12-4-2-3-5-12)10-15(18-11)19-13-6-8-16-9-7-13/h10,12-13,16H,2-9H2,1H3. The van der Waals surface area contributed by atoms with Crippen LogP contribution in [0.1, 0.15) is 56.0 Å². The second-order valence-corrected chi connectivity index (χ2v) is 5.73. The molecule has 1 aromatic heterocycles. The fourth-order valence-electron chi connectivity index (χ4n) is 3.14. The quantitative estimate of drug-likeness (QED) is 0.908. The summed E-state index contributed by atoms with van der Waals surface area (Å²) in [5, 5.41) is 3.36. The minimum absolute atomic E-state index is 0.312. The molecule has 0 unspecified atom stereocenters. The minimum atomic E-state index is 0.312. The van der Waals surface area contributed by atoms with E-state index in [9.17, 15) is 0 Å². The molecule has 3 rings (SSSR count). The second-order valence-electron chi connectivity index (χ2n) is 5.73. The van der Waals surface area contributed by atoms with E-state index >= 15 is 0 Å². The Morgan fingerprint density at radius 2 is 1.84 bits per heavy atom. The van der Waals surface area contributed by atoms with E-state index in [0.29, 0.717) is 12.0 Å². The van der Waals surface area contributed by atoms with Gasteiger partial charge in [-0.05, 0) is 45.7 Å². The van der Waals surface area contributed by atoms with Crippen molar-refractivity contribution in [2.45, 2.75) is 57.5 Å². The van der Waals surface area contributed by atoms with Gasteiger partial charge < -0.3 is 10.1 Å². The first-order valence-corrected chi connectivity index (χ1v) is 7.54. The largest absolute Gasteiger partial charge is 0.474 e. The van der Waals surface area contributed by atoms with Crippen molar-refractivity contribution in [2.24, 2.45) is 0 Å². The molecule has 1 aliphatic carbocycles. The van der Waals surface area contributed by atoms with Gasteiger partial charge >= 0.3 is 0 Å². The zero-order valence-electron chi connectivity index (χ0n) is 11.7. The molecular formula is C15H23N3O. The van der Waals surface area contributed by atoms with Crippen LogP contribution >= 0.6 is 0 Å². The Kier molecular flexibility index (Phi) is 3.97. The van der Waals surface area contributed by atoms with Crippen LogP contribution in [0.3, 0.4) is 0 Å². The van der Waals surface area contributed by atoms with Gasteiger partial charge in [-0.25, -0.2) is 4.98 Å². The van der Waals surface area contributed by atoms with Crippen LogP contribution in [0.25, 0.3) is 0 Å². The molecule has 0 atom stereocenters. The Hall–Kier alpha value is -1.16. The van der Waals surface area contributed by atoms with Gasteiger partial charge in [0, 0.05) is 12.0 Å². The van der Waals surface area contributed by atoms with Crippen LogP contribution in [0, 0.1) is 6.92 Å². The summed E-state index contributed by atoms with van der Waals surface area (Å²) in [7, 11) is 0. The molecule has 4 nitrogen and oxygen atoms in total. The first-order valence-electron chi connectivity index (χ1n) is 7.54. The highest BCUT2D eigenvalue weighted by Gasteiger charge is 2.21. The van der Waals surface area contributed by atoms with E-state index in [2.05, 4.69) is 21.4 Å². The summed E-state index contributed by atoms with van der Waals surface area (Å²) in [6.45, 7) is 4.06. The molecule has 2 heterocycles. The van der Waals surface area contributed by atoms with Gasteiger partial charge in [0.25, 0.3) is 0 Å². The third kappa shape index (κ3) is 3.24. The maximum absolute atomic E-state index is 6.05. The number of aryl methyl sites for hydroxylation is 1. The van der Waals surface area contributed by atoms with Gasteiger partial charge in [0.15, 0.2) is 0 Å². The number of nitrogens with one attached hydrogen (secondary N) is 1. The van der Waals surface area contributed by atoms with Crippen LogP contribution in [0.5, 0.6) is 5.88 Å². The molecule has 0 spiro atoms. The molecule has 2 fully saturated rings. The Morgan fingerprint density at radius 3 is 2.58 bits per heavy atom. The first-order chi connectivity index (χ1) is 9.31. The van der Waals surface area contributed by atoms with Crippen LogP contribution in [0.4, 0.5) is 0 Å². The minimum Gasteiger partial charge on any atom is -0.474 e. The lowest BCUT2D eigenvalue weighted by Crippen LogP contribution is -2.34. The van der Waals surface area contributed by atoms with E-state index in [-0.39, 0.29) is 0 Å². The van der Waals surface area contributed by atoms with E-state index in [1.807, 2.05) is 6.92 Å². The average molecular weight is 261 g/mol. The van der Waals surface area contributed by atoms with Crippen molar-refractivity contribution < 1.29 is 4.74 Å². The van der Waals surface area contributed by atoms with E-state index in [0.717, 1.165) is 37.6 Å². The van der Waals surface area contributed by atoms with Gasteiger partial charge in [-0.15, -0.1) is 0 Å². The van der Waals surface area contributed by atoms with Crippen LogP contribution in [0.15, 0.2) is 6.07 Å². The van der Waals surface area contributed by atoms with Crippen molar-refractivity contribution in [3.63, 3.8) is 0 Å². The Bertz CT molecular complexity index is 423. The Morgan fingerprint density at radius 1 is 1.11 bits per heavy atom. The van der Waals surface area contributed by atoms with E-state index in [1.54, 1.807) is 0 Å². The molecule has 1 saturated heterocycles. The summed E-state index contributed by atoms with van der Waals surface area (Å²) in [6.07, 6.45) is 7.65. The van der Waals surface area contributed by atoms with Gasteiger partial charge in [-0.3, -0.25) is 0 Å². The summed E-state index contributed by atoms with van der Waals surface area (Å²) in [4.78, 5) is 9.05. The van der Waals surface area contributed by atoms with Crippen molar-refractivity contribution >= 4 is 0 Å². The number of ether oxygens (including phenoxy) is 1. The van der Waals surface area contributed by atoms with E-state index in [4.69, 9.17) is 4.74 Å². The highest BCUT2D eigenvalue weighted by Crippen LogP contribution is 2.34. The summed E-state index contributed by atoms with van der Waals surface area (Å²) >= 11 is 0. The topological polar surface area (TPSA) is 47.0 Å². The van der Waals surface area contributed by atoms with Gasteiger partial charge in [0.05, 0.1) is 5.69 Å². The molecule has 1 saturated carbocycles. The predicted molar refractivity (Wildman–Crippen MR) is 74.5 cm³/mol. The van der Waals surface area contributed by atoms with Gasteiger partial charge in [-0.2, -0.15) is 4.98 Å². The molecule has 19 heavy (non-hydrogen) atoms. The van der Waals surface area contributed by atoms with Crippen LogP contribution in [0.2, 0.25) is 0 Å². The van der Waals surface area contributed by atoms with Gasteiger partial charge in [0.2, 0.25) is 5.88 Å². The molecule has 0 bridgehead atoms. The molecule has 1 aliphatic heterocycles. The van der Waals surface area contributed by atoms with Crippen molar-refractivity contribution in [1.82, 2.24) is 15.3 Å². The summed E-state index contributed by atoms with van der Waals surface area (Å²) < 4.78 is 6.05. The van der Waals surface area contributed by atoms with Crippen molar-refractivity contribution in [1.29, 1.82) is 0 Å². The number of hydrogen-bond donors (Lipinski definition) is 1. The third-order valence-electron chi connectivity index (χ3n) is 4.18. The average Bonchev–Trinajstić information content (AvgIpc) is 2.93. The van der Waals surface area contributed by atoms with Gasteiger partial charge in [0.1, 0.15) is 11.9 Å². The number of piperidine rings is 1. The lowest BCUT2D eigenvalue weighted by molar-refractivity contribution is 0.155. The highest BCUT2D eigenvalue weighted by atomic mass is 16.5. The second kappa shape index (κ2) is 5.87. The lowest BCUT2D eigenvalue weighted by Gasteiger charge is -2.23. The van der Waals surface area contributed by atoms with E-state index in [1.165, 1.54) is 31.4 Å². The molecule has 104 valence electrons. The fourth-order valence-corrected chi connectivity index (χ4v) is 3.14. The number of aromatic nitrogens is 2. The summed E-state index contributed by atoms with van der Waals surface area (Å²) in [5.74, 6) is 2.24. The predicted octanol–water partition coefficient (Wildman–Crippen LogP) is 2.57. The Balaban J connectivity index is 1.73. The zero-order chi connectivity index (χ0) is 13.1. The summed E-state index contributed by atoms with van der Waals surface area (Å²) in [6, 6.07) is 2.07. The van der Waals surface area contributed by atoms with Crippen molar-refractivity contribution in [3.05, 3.63) is 17.6 Å². The molecule has 4 heteroatoms. The number of hydrogen-bond acceptors (Lipinski definition) is 4. The van der Waals surface area contributed by atoms with E-state index < -0.39 is 0 Å². The molecule has 2 aliphatic rings. The summed E-state index contributed by atoms with van der Waals surface area (Å²) in [5.41, 5.74) is 1.19. The van der Waals surface area contributed by atoms with Crippen molar-refractivity contribution in [2.75, 3.05) is 13.1 Å². The highest BCUT2D eigenvalue weighted by molar-refractivity contribution is 5.20. The molecule has 0 radical (unpaired) electrons. The van der Waals surface area contributed by atoms with Crippen LogP contribution < -0.4 is 10.1 Å². The number of rotatable bonds is 3. The normalized spacial score (nSPS) is 21.7. The monoisotopic (exact) mass is 261 g/mol. The SMILES string of the molecule is Cc1nc(OC2CCNCC2)cc(C2CCCC2)n1. The smallest absolute Gasteiger partial charge is 0.217 e. The zero-order valence-corrected chi connectivity index (χ0v) is 11.7. The molecular weight excluding hydrogens is 238 g/mol. The van der Waals surface area contributed by atoms with Crippen LogP contribution in [-0.4, -0.2) is 29.2 Å². The van der Waals surface area contributed by atoms with Crippen LogP contribution in [-0.2, 0) is 0 Å².